The van der Waals surface area contributed by atoms with E-state index in [1.165, 1.54) is 43.9 Å². The number of rotatable bonds is 7. The number of aromatic nitrogens is 1. The fraction of sp³-hybridized carbons (Fsp3) is 0.522. The molecule has 1 aromatic carbocycles. The van der Waals surface area contributed by atoms with Crippen LogP contribution < -0.4 is 10.1 Å². The molecule has 1 heterocycles. The first-order valence-corrected chi connectivity index (χ1v) is 11.6. The third-order valence-electron chi connectivity index (χ3n) is 6.77. The summed E-state index contributed by atoms with van der Waals surface area (Å²) in [5.74, 6) is 3.15. The van der Waals surface area contributed by atoms with Crippen LogP contribution in [0.4, 0.5) is 0 Å². The van der Waals surface area contributed by atoms with Gasteiger partial charge in [0.25, 0.3) is 11.8 Å². The fourth-order valence-electron chi connectivity index (χ4n) is 5.77. The van der Waals surface area contributed by atoms with E-state index in [9.17, 15) is 4.79 Å². The molecule has 7 heteroatoms. The highest BCUT2D eigenvalue weighted by Crippen LogP contribution is 2.53. The molecule has 2 aromatic rings. The Morgan fingerprint density at radius 3 is 2.53 bits per heavy atom. The van der Waals surface area contributed by atoms with Crippen molar-refractivity contribution >= 4 is 17.7 Å². The van der Waals surface area contributed by atoms with Gasteiger partial charge in [-0.15, -0.1) is 0 Å². The lowest BCUT2D eigenvalue weighted by Gasteiger charge is -2.54. The van der Waals surface area contributed by atoms with Crippen molar-refractivity contribution < 1.29 is 14.1 Å². The molecule has 0 unspecified atom stereocenters. The Morgan fingerprint density at radius 2 is 1.87 bits per heavy atom. The highest BCUT2D eigenvalue weighted by atomic mass is 32.2. The van der Waals surface area contributed by atoms with Crippen LogP contribution in [0.25, 0.3) is 0 Å². The van der Waals surface area contributed by atoms with E-state index < -0.39 is 0 Å². The third-order valence-corrected chi connectivity index (χ3v) is 7.84. The minimum absolute atomic E-state index is 0.199. The van der Waals surface area contributed by atoms with Crippen LogP contribution in [0, 0.1) is 35.0 Å². The molecule has 0 radical (unpaired) electrons. The highest BCUT2D eigenvalue weighted by Gasteiger charge is 2.49. The van der Waals surface area contributed by atoms with E-state index in [2.05, 4.69) is 16.5 Å². The maximum absolute atomic E-state index is 13.2. The Bertz CT molecular complexity index is 924. The summed E-state index contributed by atoms with van der Waals surface area (Å²) < 4.78 is 11.1. The van der Waals surface area contributed by atoms with E-state index in [4.69, 9.17) is 14.5 Å². The van der Waals surface area contributed by atoms with Gasteiger partial charge in [-0.05, 0) is 73.1 Å². The zero-order valence-electron chi connectivity index (χ0n) is 16.8. The van der Waals surface area contributed by atoms with Crippen molar-refractivity contribution in [3.63, 3.8) is 0 Å². The molecule has 1 aromatic heterocycles. The number of carbonyl (C=O) groups excluding carboxylic acids is 1. The summed E-state index contributed by atoms with van der Waals surface area (Å²) >= 11 is 1.40. The number of nitrogens with one attached hydrogen (secondary N) is 1. The standard InChI is InChI=1S/C23H25N3O3S/c24-7-4-8-28-23-21(30-18-5-2-1-3-6-18)20(29-26-23)22(27)25-19-16-10-14-9-15(12-16)13-17(19)11-14/h1-3,5-6,14-17,19H,4,8-13H2,(H,25,27). The van der Waals surface area contributed by atoms with Crippen molar-refractivity contribution in [1.29, 1.82) is 5.26 Å². The third kappa shape index (κ3) is 3.81. The average Bonchev–Trinajstić information content (AvgIpc) is 3.13. The van der Waals surface area contributed by atoms with Gasteiger partial charge in [0.1, 0.15) is 11.5 Å². The Kier molecular flexibility index (Phi) is 5.43. The number of nitriles is 1. The van der Waals surface area contributed by atoms with E-state index in [0.717, 1.165) is 16.7 Å². The van der Waals surface area contributed by atoms with Crippen molar-refractivity contribution in [2.75, 3.05) is 6.61 Å². The summed E-state index contributed by atoms with van der Waals surface area (Å²) in [6, 6.07) is 12.1. The van der Waals surface area contributed by atoms with Gasteiger partial charge in [-0.1, -0.05) is 30.0 Å². The van der Waals surface area contributed by atoms with Crippen LogP contribution in [0.5, 0.6) is 5.88 Å². The first-order chi connectivity index (χ1) is 14.7. The number of amides is 1. The normalized spacial score (nSPS) is 28.8. The summed E-state index contributed by atoms with van der Waals surface area (Å²) in [4.78, 5) is 14.8. The van der Waals surface area contributed by atoms with Crippen LogP contribution in [-0.4, -0.2) is 23.7 Å². The van der Waals surface area contributed by atoms with Crippen LogP contribution in [-0.2, 0) is 0 Å². The second kappa shape index (κ2) is 8.35. The Hall–Kier alpha value is -2.46. The molecule has 156 valence electrons. The van der Waals surface area contributed by atoms with Gasteiger partial charge in [-0.2, -0.15) is 5.26 Å². The van der Waals surface area contributed by atoms with Crippen LogP contribution in [0.3, 0.4) is 0 Å². The molecule has 30 heavy (non-hydrogen) atoms. The lowest BCUT2D eigenvalue weighted by Crippen LogP contribution is -2.55. The van der Waals surface area contributed by atoms with Crippen LogP contribution in [0.1, 0.15) is 49.1 Å². The minimum Gasteiger partial charge on any atom is -0.474 e. The molecule has 0 aliphatic heterocycles. The number of carbonyl (C=O) groups is 1. The number of nitrogens with zero attached hydrogens (tertiary/aromatic N) is 2. The zero-order valence-corrected chi connectivity index (χ0v) is 17.6. The van der Waals surface area contributed by atoms with Crippen molar-refractivity contribution in [2.45, 2.75) is 54.4 Å². The Labute approximate surface area is 180 Å². The number of ether oxygens (including phenoxy) is 1. The van der Waals surface area contributed by atoms with E-state index in [-0.39, 0.29) is 36.6 Å². The van der Waals surface area contributed by atoms with Gasteiger partial charge in [0.05, 0.1) is 12.5 Å². The SMILES string of the molecule is N#CCCOc1noc(C(=O)NC2C3CC4CC(C3)CC2C4)c1Sc1ccccc1. The monoisotopic (exact) mass is 423 g/mol. The second-order valence-electron chi connectivity index (χ2n) is 8.75. The number of benzene rings is 1. The zero-order chi connectivity index (χ0) is 20.5. The van der Waals surface area contributed by atoms with Crippen LogP contribution in [0.15, 0.2) is 44.6 Å². The van der Waals surface area contributed by atoms with Gasteiger partial charge in [0, 0.05) is 10.9 Å². The molecule has 4 aliphatic rings. The van der Waals surface area contributed by atoms with Gasteiger partial charge in [0.2, 0.25) is 5.76 Å². The fourth-order valence-corrected chi connectivity index (χ4v) is 6.71. The largest absolute Gasteiger partial charge is 0.474 e. The highest BCUT2D eigenvalue weighted by molar-refractivity contribution is 7.99. The Morgan fingerprint density at radius 1 is 1.17 bits per heavy atom. The average molecular weight is 424 g/mol. The molecule has 1 amide bonds. The van der Waals surface area contributed by atoms with Crippen molar-refractivity contribution in [3.8, 4) is 11.9 Å². The van der Waals surface area contributed by atoms with Crippen molar-refractivity contribution in [3.05, 3.63) is 36.1 Å². The molecule has 4 aliphatic carbocycles. The first-order valence-electron chi connectivity index (χ1n) is 10.7. The summed E-state index contributed by atoms with van der Waals surface area (Å²) in [7, 11) is 0. The second-order valence-corrected chi connectivity index (χ2v) is 9.83. The smallest absolute Gasteiger partial charge is 0.291 e. The summed E-state index contributed by atoms with van der Waals surface area (Å²) in [6.07, 6.45) is 6.59. The minimum atomic E-state index is -0.214. The molecule has 4 bridgehead atoms. The Balaban J connectivity index is 1.36. The van der Waals surface area contributed by atoms with Gasteiger partial charge in [0.15, 0.2) is 0 Å². The molecule has 0 atom stereocenters. The van der Waals surface area contributed by atoms with E-state index in [0.29, 0.717) is 16.7 Å². The van der Waals surface area contributed by atoms with E-state index in [1.54, 1.807) is 0 Å². The quantitative estimate of drug-likeness (QED) is 0.651. The van der Waals surface area contributed by atoms with Gasteiger partial charge < -0.3 is 14.6 Å². The van der Waals surface area contributed by atoms with E-state index in [1.807, 2.05) is 30.3 Å². The van der Waals surface area contributed by atoms with E-state index >= 15 is 0 Å². The number of hydrogen-bond donors (Lipinski definition) is 1. The van der Waals surface area contributed by atoms with Crippen molar-refractivity contribution in [2.24, 2.45) is 23.7 Å². The summed E-state index contributed by atoms with van der Waals surface area (Å²) in [5, 5.41) is 16.1. The molecule has 0 spiro atoms. The molecular weight excluding hydrogens is 398 g/mol. The van der Waals surface area contributed by atoms with Crippen LogP contribution in [0.2, 0.25) is 0 Å². The molecule has 1 N–H and O–H groups in total. The topological polar surface area (TPSA) is 88.2 Å². The maximum atomic E-state index is 13.2. The lowest BCUT2D eigenvalue weighted by atomic mass is 9.54. The van der Waals surface area contributed by atoms with Gasteiger partial charge in [-0.3, -0.25) is 4.79 Å². The predicted molar refractivity (Wildman–Crippen MR) is 111 cm³/mol. The van der Waals surface area contributed by atoms with Crippen molar-refractivity contribution in [1.82, 2.24) is 10.5 Å². The molecule has 4 fully saturated rings. The maximum Gasteiger partial charge on any atom is 0.291 e. The number of hydrogen-bond acceptors (Lipinski definition) is 6. The molecular formula is C23H25N3O3S. The van der Waals surface area contributed by atoms with Gasteiger partial charge in [-0.25, -0.2) is 0 Å². The molecule has 6 nitrogen and oxygen atoms in total. The first kappa shape index (κ1) is 19.5. The lowest BCUT2D eigenvalue weighted by molar-refractivity contribution is -0.0124. The molecule has 0 saturated heterocycles. The predicted octanol–water partition coefficient (Wildman–Crippen LogP) is 4.67. The van der Waals surface area contributed by atoms with Crippen LogP contribution >= 0.6 is 11.8 Å². The molecule has 4 saturated carbocycles. The molecule has 6 rings (SSSR count). The van der Waals surface area contributed by atoms with Gasteiger partial charge >= 0.3 is 0 Å². The summed E-state index contributed by atoms with van der Waals surface area (Å²) in [6.45, 7) is 0.210. The summed E-state index contributed by atoms with van der Waals surface area (Å²) in [5.41, 5.74) is 0.